The van der Waals surface area contributed by atoms with Crippen LogP contribution < -0.4 is 4.90 Å². The molecule has 212 valence electrons. The van der Waals surface area contributed by atoms with Crippen LogP contribution in [0, 0.1) is 0 Å². The predicted molar refractivity (Wildman–Crippen MR) is 198 cm³/mol. The average Bonchev–Trinajstić information content (AvgIpc) is 3.68. The molecular formula is C42H27NS2. The zero-order valence-corrected chi connectivity index (χ0v) is 26.0. The van der Waals surface area contributed by atoms with Gasteiger partial charge in [0.2, 0.25) is 0 Å². The molecule has 0 saturated heterocycles. The maximum Gasteiger partial charge on any atom is 0.0640 e. The predicted octanol–water partition coefficient (Wildman–Crippen LogP) is 13.2. The molecule has 2 aromatic heterocycles. The van der Waals surface area contributed by atoms with Gasteiger partial charge in [0, 0.05) is 47.0 Å². The number of hydrogen-bond donors (Lipinski definition) is 0. The summed E-state index contributed by atoms with van der Waals surface area (Å²) in [5.74, 6) is 0. The summed E-state index contributed by atoms with van der Waals surface area (Å²) in [5, 5.41) is 5.29. The SMILES string of the molecule is c1ccc(-c2ccc(N(c3ccccc3)c3ccc(-c4ccc5c(c4)sc4ccccc45)cc3)c3sc4ccccc4c23)cc1. The fourth-order valence-corrected chi connectivity index (χ4v) is 8.94. The largest absolute Gasteiger partial charge is 0.309 e. The van der Waals surface area contributed by atoms with Crippen molar-refractivity contribution in [3.8, 4) is 22.3 Å². The lowest BCUT2D eigenvalue weighted by Gasteiger charge is -2.26. The molecule has 0 unspecified atom stereocenters. The Morgan fingerprint density at radius 1 is 0.378 bits per heavy atom. The molecule has 0 atom stereocenters. The Morgan fingerprint density at radius 3 is 1.76 bits per heavy atom. The first-order valence-electron chi connectivity index (χ1n) is 15.2. The minimum Gasteiger partial charge on any atom is -0.309 e. The topological polar surface area (TPSA) is 3.24 Å². The van der Waals surface area contributed by atoms with Crippen LogP contribution in [0.5, 0.6) is 0 Å². The molecule has 7 aromatic carbocycles. The Balaban J connectivity index is 1.20. The van der Waals surface area contributed by atoms with Crippen LogP contribution in [-0.2, 0) is 0 Å². The molecule has 3 heteroatoms. The minimum atomic E-state index is 1.14. The van der Waals surface area contributed by atoms with Gasteiger partial charge >= 0.3 is 0 Å². The third kappa shape index (κ3) is 4.43. The van der Waals surface area contributed by atoms with E-state index in [9.17, 15) is 0 Å². The number of anilines is 3. The standard InChI is InChI=1S/C42H27NS2/c1-3-11-29(12-4-1)33-25-26-37(42-41(33)36-16-8-10-18-39(36)45-42)43(31-13-5-2-6-14-31)32-22-19-28(20-23-32)30-21-24-35-34-15-7-9-17-38(34)44-40(35)27-30/h1-27H. The molecule has 0 fully saturated rings. The summed E-state index contributed by atoms with van der Waals surface area (Å²) in [6.45, 7) is 0. The highest BCUT2D eigenvalue weighted by Crippen LogP contribution is 2.48. The average molecular weight is 610 g/mol. The molecule has 0 saturated carbocycles. The first-order valence-corrected chi connectivity index (χ1v) is 16.8. The lowest BCUT2D eigenvalue weighted by molar-refractivity contribution is 1.30. The third-order valence-electron chi connectivity index (χ3n) is 8.68. The van der Waals surface area contributed by atoms with Crippen LogP contribution in [0.4, 0.5) is 17.1 Å². The van der Waals surface area contributed by atoms with Gasteiger partial charge in [-0.3, -0.25) is 0 Å². The van der Waals surface area contributed by atoms with Gasteiger partial charge in [0.05, 0.1) is 10.4 Å². The zero-order valence-electron chi connectivity index (χ0n) is 24.4. The number of para-hydroxylation sites is 1. The van der Waals surface area contributed by atoms with Gasteiger partial charge in [0.1, 0.15) is 0 Å². The normalized spacial score (nSPS) is 11.6. The molecule has 9 rings (SSSR count). The van der Waals surface area contributed by atoms with Crippen LogP contribution in [0.2, 0.25) is 0 Å². The number of thiophene rings is 2. The number of nitrogens with zero attached hydrogens (tertiary/aromatic N) is 1. The summed E-state index contributed by atoms with van der Waals surface area (Å²) >= 11 is 3.75. The van der Waals surface area contributed by atoms with Gasteiger partial charge < -0.3 is 4.90 Å². The summed E-state index contributed by atoms with van der Waals surface area (Å²) < 4.78 is 5.26. The molecule has 0 spiro atoms. The zero-order chi connectivity index (χ0) is 29.7. The molecule has 0 aliphatic rings. The molecule has 0 aliphatic carbocycles. The number of rotatable bonds is 5. The maximum atomic E-state index is 2.41. The van der Waals surface area contributed by atoms with Crippen molar-refractivity contribution in [1.29, 1.82) is 0 Å². The summed E-state index contributed by atoms with van der Waals surface area (Å²) in [4.78, 5) is 2.41. The summed E-state index contributed by atoms with van der Waals surface area (Å²) in [6, 6.07) is 59.5. The van der Waals surface area contributed by atoms with Crippen molar-refractivity contribution in [2.24, 2.45) is 0 Å². The molecular weight excluding hydrogens is 583 g/mol. The van der Waals surface area contributed by atoms with E-state index in [1.165, 1.54) is 68.3 Å². The van der Waals surface area contributed by atoms with Crippen LogP contribution in [0.25, 0.3) is 62.6 Å². The van der Waals surface area contributed by atoms with Crippen molar-refractivity contribution < 1.29 is 0 Å². The van der Waals surface area contributed by atoms with Crippen LogP contribution in [0.15, 0.2) is 164 Å². The van der Waals surface area contributed by atoms with E-state index in [0.717, 1.165) is 11.4 Å². The highest BCUT2D eigenvalue weighted by molar-refractivity contribution is 7.26. The van der Waals surface area contributed by atoms with Crippen molar-refractivity contribution in [1.82, 2.24) is 0 Å². The fraction of sp³-hybridized carbons (Fsp3) is 0. The highest BCUT2D eigenvalue weighted by Gasteiger charge is 2.20. The summed E-state index contributed by atoms with van der Waals surface area (Å²) in [5.41, 5.74) is 8.44. The first kappa shape index (κ1) is 26.2. The van der Waals surface area contributed by atoms with E-state index in [4.69, 9.17) is 0 Å². The summed E-state index contributed by atoms with van der Waals surface area (Å²) in [7, 11) is 0. The number of benzene rings is 7. The van der Waals surface area contributed by atoms with Gasteiger partial charge in [-0.15, -0.1) is 22.7 Å². The van der Waals surface area contributed by atoms with E-state index in [-0.39, 0.29) is 0 Å². The second-order valence-electron chi connectivity index (χ2n) is 11.3. The Hall–Kier alpha value is -5.22. The highest BCUT2D eigenvalue weighted by atomic mass is 32.1. The van der Waals surface area contributed by atoms with Crippen molar-refractivity contribution in [2.45, 2.75) is 0 Å². The molecule has 9 aromatic rings. The lowest BCUT2D eigenvalue weighted by atomic mass is 9.98. The van der Waals surface area contributed by atoms with Crippen molar-refractivity contribution in [3.63, 3.8) is 0 Å². The molecule has 0 radical (unpaired) electrons. The van der Waals surface area contributed by atoms with Gasteiger partial charge in [-0.1, -0.05) is 115 Å². The van der Waals surface area contributed by atoms with Crippen molar-refractivity contribution in [3.05, 3.63) is 164 Å². The first-order chi connectivity index (χ1) is 22.3. The molecule has 0 amide bonds. The van der Waals surface area contributed by atoms with Gasteiger partial charge in [0.15, 0.2) is 0 Å². The number of fused-ring (bicyclic) bond motifs is 6. The Bertz CT molecular complexity index is 2470. The van der Waals surface area contributed by atoms with Crippen LogP contribution in [0.3, 0.4) is 0 Å². The van der Waals surface area contributed by atoms with Gasteiger partial charge in [0.25, 0.3) is 0 Å². The number of hydrogen-bond acceptors (Lipinski definition) is 3. The molecule has 45 heavy (non-hydrogen) atoms. The lowest BCUT2D eigenvalue weighted by Crippen LogP contribution is -2.10. The van der Waals surface area contributed by atoms with Crippen LogP contribution in [-0.4, -0.2) is 0 Å². The Morgan fingerprint density at radius 2 is 0.978 bits per heavy atom. The van der Waals surface area contributed by atoms with Crippen LogP contribution >= 0.6 is 22.7 Å². The Labute approximate surface area is 269 Å². The smallest absolute Gasteiger partial charge is 0.0640 e. The molecule has 2 heterocycles. The van der Waals surface area contributed by atoms with E-state index < -0.39 is 0 Å². The molecule has 0 bridgehead atoms. The molecule has 1 nitrogen and oxygen atoms in total. The van der Waals surface area contributed by atoms with Gasteiger partial charge in [-0.2, -0.15) is 0 Å². The minimum absolute atomic E-state index is 1.14. The molecule has 0 aliphatic heterocycles. The van der Waals surface area contributed by atoms with E-state index in [2.05, 4.69) is 169 Å². The monoisotopic (exact) mass is 609 g/mol. The van der Waals surface area contributed by atoms with Crippen molar-refractivity contribution in [2.75, 3.05) is 4.90 Å². The van der Waals surface area contributed by atoms with E-state index in [0.29, 0.717) is 0 Å². The van der Waals surface area contributed by atoms with E-state index >= 15 is 0 Å². The third-order valence-corrected chi connectivity index (χ3v) is 11.0. The fourth-order valence-electron chi connectivity index (χ4n) is 6.56. The molecule has 0 N–H and O–H groups in total. The maximum absolute atomic E-state index is 2.41. The Kier molecular flexibility index (Phi) is 6.26. The quantitative estimate of drug-likeness (QED) is 0.188. The van der Waals surface area contributed by atoms with Gasteiger partial charge in [-0.05, 0) is 70.8 Å². The second kappa shape index (κ2) is 10.7. The van der Waals surface area contributed by atoms with E-state index in [1.54, 1.807) is 0 Å². The second-order valence-corrected chi connectivity index (χ2v) is 13.5. The van der Waals surface area contributed by atoms with E-state index in [1.807, 2.05) is 22.7 Å². The van der Waals surface area contributed by atoms with Crippen LogP contribution in [0.1, 0.15) is 0 Å². The van der Waals surface area contributed by atoms with Crippen molar-refractivity contribution >= 4 is 80.1 Å². The van der Waals surface area contributed by atoms with Gasteiger partial charge in [-0.25, -0.2) is 0 Å². The summed E-state index contributed by atoms with van der Waals surface area (Å²) in [6.07, 6.45) is 0.